The van der Waals surface area contributed by atoms with Crippen molar-refractivity contribution in [2.75, 3.05) is 23.7 Å². The Balaban J connectivity index is 1.58. The lowest BCUT2D eigenvalue weighted by atomic mass is 9.82. The largest absolute Gasteiger partial charge is 0.480 e. The van der Waals surface area contributed by atoms with Gasteiger partial charge in [0.1, 0.15) is 18.3 Å². The number of aryl methyl sites for hydroxylation is 2. The van der Waals surface area contributed by atoms with Crippen LogP contribution < -0.4 is 20.1 Å². The number of sulfonamides is 2. The van der Waals surface area contributed by atoms with E-state index < -0.39 is 61.9 Å². The maximum atomic E-state index is 14.1. The molecule has 5 rings (SSSR count). The summed E-state index contributed by atoms with van der Waals surface area (Å²) >= 11 is 0. The third-order valence-electron chi connectivity index (χ3n) is 8.35. The highest BCUT2D eigenvalue weighted by atomic mass is 32.2. The van der Waals surface area contributed by atoms with Crippen LogP contribution in [-0.4, -0.2) is 68.9 Å². The van der Waals surface area contributed by atoms with Gasteiger partial charge in [-0.05, 0) is 74.2 Å². The van der Waals surface area contributed by atoms with Crippen LogP contribution in [0.4, 0.5) is 17.1 Å². The van der Waals surface area contributed by atoms with Crippen LogP contribution in [0.5, 0.6) is 0 Å². The van der Waals surface area contributed by atoms with Crippen LogP contribution in [0.25, 0.3) is 0 Å². The van der Waals surface area contributed by atoms with Gasteiger partial charge < -0.3 is 20.8 Å². The first kappa shape index (κ1) is 36.9. The summed E-state index contributed by atoms with van der Waals surface area (Å²) in [6, 6.07) is 12.3. The zero-order chi connectivity index (χ0) is 37.4. The van der Waals surface area contributed by atoms with Gasteiger partial charge in [-0.2, -0.15) is 4.72 Å². The van der Waals surface area contributed by atoms with Gasteiger partial charge in [0.15, 0.2) is 11.6 Å². The fraction of sp³-hybridized carbons (Fsp3) is 0.200. The second-order valence-electron chi connectivity index (χ2n) is 12.0. The van der Waals surface area contributed by atoms with E-state index in [1.54, 1.807) is 70.2 Å². The molecule has 0 aliphatic heterocycles. The Hall–Kier alpha value is -5.42. The van der Waals surface area contributed by atoms with Crippen molar-refractivity contribution in [1.29, 1.82) is 0 Å². The molecule has 3 aromatic carbocycles. The molecule has 0 fully saturated rings. The number of hydrogen-bond donors (Lipinski definition) is 6. The van der Waals surface area contributed by atoms with Crippen LogP contribution in [0, 0.1) is 13.8 Å². The van der Waals surface area contributed by atoms with Crippen molar-refractivity contribution in [3.8, 4) is 0 Å². The van der Waals surface area contributed by atoms with Gasteiger partial charge in [0.2, 0.25) is 20.0 Å². The molecule has 0 bridgehead atoms. The molecule has 0 saturated heterocycles. The average molecular weight is 735 g/mol. The summed E-state index contributed by atoms with van der Waals surface area (Å²) in [6.45, 7) is 5.10. The number of aliphatic carboxylic acids is 2. The van der Waals surface area contributed by atoms with Gasteiger partial charge in [-0.3, -0.25) is 19.2 Å². The lowest BCUT2D eigenvalue weighted by molar-refractivity contribution is -0.136. The standard InChI is InChI=1S/C35H34N4O10S2/c1-18-9-10-22(50(46,47)36-16-28(40)41)13-19(2)32(18)38-26-11-12-27(31-30(26)34(44)24-7-5-6-8-25(24)35(31)45)39-33-20(3)14-23(15-21(33)4)51(48,49)37-17-29(42)43/h5-15,22,36-39H,16-17H2,1-4H3,(H,40,41)(H,42,43). The molecule has 1 unspecified atom stereocenters. The number of carbonyl (C=O) groups is 4. The van der Waals surface area contributed by atoms with Crippen molar-refractivity contribution < 1.29 is 46.2 Å². The Kier molecular flexibility index (Phi) is 10.2. The van der Waals surface area contributed by atoms with E-state index in [0.717, 1.165) is 0 Å². The SMILES string of the molecule is CC1=CC(S(=O)(=O)NCC(=O)O)C=CC(C)=C1Nc1ccc(Nc2c(C)cc(S(=O)(=O)NCC(=O)O)cc2C)c2c1C(=O)c1ccccc1C2=O. The van der Waals surface area contributed by atoms with Gasteiger partial charge in [-0.25, -0.2) is 21.6 Å². The smallest absolute Gasteiger partial charge is 0.318 e. The summed E-state index contributed by atoms with van der Waals surface area (Å²) in [6.07, 6.45) is 4.42. The minimum Gasteiger partial charge on any atom is -0.480 e. The first-order valence-electron chi connectivity index (χ1n) is 15.4. The molecular formula is C35H34N4O10S2. The molecule has 0 aromatic heterocycles. The first-order chi connectivity index (χ1) is 23.9. The van der Waals surface area contributed by atoms with Crippen LogP contribution in [-0.2, 0) is 29.6 Å². The normalized spacial score (nSPS) is 15.8. The van der Waals surface area contributed by atoms with E-state index in [1.807, 2.05) is 4.72 Å². The van der Waals surface area contributed by atoms with Gasteiger partial charge in [-0.15, -0.1) is 0 Å². The van der Waals surface area contributed by atoms with E-state index in [1.165, 1.54) is 24.3 Å². The van der Waals surface area contributed by atoms with Crippen LogP contribution in [0.15, 0.2) is 88.5 Å². The average Bonchev–Trinajstić information content (AvgIpc) is 3.21. The van der Waals surface area contributed by atoms with E-state index in [4.69, 9.17) is 10.2 Å². The Morgan fingerprint density at radius 1 is 0.745 bits per heavy atom. The topological polar surface area (TPSA) is 225 Å². The molecule has 6 N–H and O–H groups in total. The minimum absolute atomic E-state index is 0.0599. The van der Waals surface area contributed by atoms with E-state index in [9.17, 15) is 36.0 Å². The number of rotatable bonds is 12. The number of carbonyl (C=O) groups excluding carboxylic acids is 2. The van der Waals surface area contributed by atoms with Crippen LogP contribution in [0.1, 0.15) is 56.8 Å². The van der Waals surface area contributed by atoms with E-state index >= 15 is 0 Å². The number of ketones is 2. The molecule has 16 heteroatoms. The van der Waals surface area contributed by atoms with E-state index in [-0.39, 0.29) is 38.5 Å². The third-order valence-corrected chi connectivity index (χ3v) is 11.3. The fourth-order valence-electron chi connectivity index (χ4n) is 5.88. The predicted octanol–water partition coefficient (Wildman–Crippen LogP) is 3.76. The van der Waals surface area contributed by atoms with Gasteiger partial charge in [0.25, 0.3) is 0 Å². The molecule has 0 spiro atoms. The maximum absolute atomic E-state index is 14.1. The Labute approximate surface area is 294 Å². The molecule has 266 valence electrons. The fourth-order valence-corrected chi connectivity index (χ4v) is 8.21. The number of allylic oxidation sites excluding steroid dienone is 3. The molecule has 0 heterocycles. The Morgan fingerprint density at radius 2 is 1.25 bits per heavy atom. The lowest BCUT2D eigenvalue weighted by Crippen LogP contribution is -2.35. The zero-order valence-electron chi connectivity index (χ0n) is 27.8. The third kappa shape index (κ3) is 7.53. The molecule has 51 heavy (non-hydrogen) atoms. The van der Waals surface area contributed by atoms with Crippen LogP contribution >= 0.6 is 0 Å². The molecular weight excluding hydrogens is 701 g/mol. The van der Waals surface area contributed by atoms with Crippen molar-refractivity contribution in [1.82, 2.24) is 9.44 Å². The first-order valence-corrected chi connectivity index (χ1v) is 18.4. The number of hydrogen-bond acceptors (Lipinski definition) is 10. The highest BCUT2D eigenvalue weighted by Crippen LogP contribution is 2.40. The van der Waals surface area contributed by atoms with Gasteiger partial charge in [0, 0.05) is 22.5 Å². The number of nitrogens with one attached hydrogen (secondary N) is 4. The van der Waals surface area contributed by atoms with Crippen LogP contribution in [0.3, 0.4) is 0 Å². The molecule has 0 saturated carbocycles. The molecule has 14 nitrogen and oxygen atoms in total. The minimum atomic E-state index is -4.14. The molecule has 0 amide bonds. The second kappa shape index (κ2) is 14.1. The molecule has 2 aliphatic carbocycles. The van der Waals surface area contributed by atoms with Crippen molar-refractivity contribution in [3.05, 3.63) is 117 Å². The molecule has 2 aliphatic rings. The maximum Gasteiger partial charge on any atom is 0.318 e. The van der Waals surface area contributed by atoms with Crippen LogP contribution in [0.2, 0.25) is 0 Å². The number of carboxylic acid groups (broad SMARTS) is 2. The van der Waals surface area contributed by atoms with Gasteiger partial charge in [0.05, 0.1) is 27.4 Å². The molecule has 3 aromatic rings. The van der Waals surface area contributed by atoms with E-state index in [0.29, 0.717) is 33.7 Å². The summed E-state index contributed by atoms with van der Waals surface area (Å²) in [7, 11) is -8.24. The zero-order valence-corrected chi connectivity index (χ0v) is 29.5. The predicted molar refractivity (Wildman–Crippen MR) is 189 cm³/mol. The number of benzene rings is 3. The monoisotopic (exact) mass is 734 g/mol. The number of carboxylic acids is 2. The number of fused-ring (bicyclic) bond motifs is 2. The highest BCUT2D eigenvalue weighted by molar-refractivity contribution is 7.90. The molecule has 0 radical (unpaired) electrons. The number of anilines is 3. The summed E-state index contributed by atoms with van der Waals surface area (Å²) in [5.74, 6) is -3.55. The summed E-state index contributed by atoms with van der Waals surface area (Å²) in [5, 5.41) is 23.1. The lowest BCUT2D eigenvalue weighted by Gasteiger charge is -2.26. The Morgan fingerprint density at radius 3 is 1.78 bits per heavy atom. The summed E-state index contributed by atoms with van der Waals surface area (Å²) < 4.78 is 55.3. The summed E-state index contributed by atoms with van der Waals surface area (Å²) in [4.78, 5) is 50.1. The summed E-state index contributed by atoms with van der Waals surface area (Å²) in [5.41, 5.74) is 3.98. The van der Waals surface area contributed by atoms with Gasteiger partial charge >= 0.3 is 11.9 Å². The highest BCUT2D eigenvalue weighted by Gasteiger charge is 2.35. The van der Waals surface area contributed by atoms with Crippen molar-refractivity contribution in [3.63, 3.8) is 0 Å². The quantitative estimate of drug-likeness (QED) is 0.122. The van der Waals surface area contributed by atoms with Crippen molar-refractivity contribution >= 4 is 60.6 Å². The Bertz CT molecular complexity index is 2320. The van der Waals surface area contributed by atoms with E-state index in [2.05, 4.69) is 15.4 Å². The molecule has 1 atom stereocenters. The second-order valence-corrected chi connectivity index (χ2v) is 15.7. The van der Waals surface area contributed by atoms with Crippen molar-refractivity contribution in [2.45, 2.75) is 37.8 Å². The van der Waals surface area contributed by atoms with Crippen molar-refractivity contribution in [2.24, 2.45) is 0 Å². The van der Waals surface area contributed by atoms with Gasteiger partial charge in [-0.1, -0.05) is 42.5 Å².